The van der Waals surface area contributed by atoms with E-state index >= 15 is 0 Å². The van der Waals surface area contributed by atoms with E-state index in [9.17, 15) is 30.4 Å². The molecule has 206 valence electrons. The highest BCUT2D eigenvalue weighted by molar-refractivity contribution is 7.99. The molecule has 0 saturated carbocycles. The fraction of sp³-hybridized carbons (Fsp3) is 0.250. The van der Waals surface area contributed by atoms with Crippen LogP contribution in [0.5, 0.6) is 0 Å². The number of alkyl halides is 5. The van der Waals surface area contributed by atoms with Crippen LogP contribution < -0.4 is 5.48 Å². The van der Waals surface area contributed by atoms with Crippen molar-refractivity contribution in [3.8, 4) is 17.2 Å². The van der Waals surface area contributed by atoms with Crippen LogP contribution in [0.3, 0.4) is 0 Å². The normalized spacial score (nSPS) is 12.7. The Morgan fingerprint density at radius 1 is 1.08 bits per heavy atom. The summed E-state index contributed by atoms with van der Waals surface area (Å²) >= 11 is 1.34. The first-order chi connectivity index (χ1) is 18.3. The van der Waals surface area contributed by atoms with Gasteiger partial charge in [-0.3, -0.25) is 9.82 Å². The average molecular weight is 586 g/mol. The first-order valence-electron chi connectivity index (χ1n) is 11.0. The van der Waals surface area contributed by atoms with Gasteiger partial charge in [-0.1, -0.05) is 19.1 Å². The fourth-order valence-electron chi connectivity index (χ4n) is 3.17. The van der Waals surface area contributed by atoms with Crippen LogP contribution in [0.25, 0.3) is 11.1 Å². The minimum absolute atomic E-state index is 0.185. The van der Waals surface area contributed by atoms with Gasteiger partial charge in [0.05, 0.1) is 29.6 Å². The zero-order chi connectivity index (χ0) is 28.8. The maximum Gasteiger partial charge on any atom is 0.458 e. The lowest BCUT2D eigenvalue weighted by Gasteiger charge is -2.19. The Bertz CT molecular complexity index is 1490. The minimum Gasteiger partial charge on any atom is -0.278 e. The molecule has 0 aliphatic heterocycles. The van der Waals surface area contributed by atoms with E-state index in [4.69, 9.17) is 10.1 Å². The van der Waals surface area contributed by atoms with Crippen LogP contribution in [0.1, 0.15) is 18.2 Å². The highest BCUT2D eigenvalue weighted by Gasteiger charge is 2.58. The van der Waals surface area contributed by atoms with Gasteiger partial charge in [-0.25, -0.2) is 23.9 Å². The molecule has 8 nitrogen and oxygen atoms in total. The standard InChI is InChI=1S/C24H20F5N5O3S2/c1-3-39(35,36)19-12-16(15-4-7-18(8-5-15)38-11-10-30)13-32-21(19)22(34-37-2)33-20-9-6-17(14-31-20)23(25,26)24(27,28)29/h4-9,12-14H,3,11H2,1-2H3,(H,31,33,34). The molecule has 0 saturated heterocycles. The van der Waals surface area contributed by atoms with Gasteiger partial charge >= 0.3 is 12.1 Å². The van der Waals surface area contributed by atoms with Gasteiger partial charge < -0.3 is 0 Å². The molecule has 2 aromatic heterocycles. The fourth-order valence-corrected chi connectivity index (χ4v) is 4.79. The minimum atomic E-state index is -5.81. The Balaban J connectivity index is 2.07. The van der Waals surface area contributed by atoms with E-state index in [0.29, 0.717) is 23.4 Å². The van der Waals surface area contributed by atoms with Crippen LogP contribution in [-0.2, 0) is 20.6 Å². The lowest BCUT2D eigenvalue weighted by atomic mass is 10.1. The van der Waals surface area contributed by atoms with E-state index in [1.54, 1.807) is 24.3 Å². The molecular weight excluding hydrogens is 565 g/mol. The van der Waals surface area contributed by atoms with Gasteiger partial charge in [0.15, 0.2) is 21.5 Å². The number of hydrogen-bond acceptors (Lipinski definition) is 8. The van der Waals surface area contributed by atoms with Crippen LogP contribution in [0.4, 0.5) is 27.8 Å². The number of sulfone groups is 1. The van der Waals surface area contributed by atoms with Crippen molar-refractivity contribution < 1.29 is 35.2 Å². The van der Waals surface area contributed by atoms with Crippen LogP contribution in [0.2, 0.25) is 0 Å². The molecule has 39 heavy (non-hydrogen) atoms. The summed E-state index contributed by atoms with van der Waals surface area (Å²) < 4.78 is 91.1. The van der Waals surface area contributed by atoms with E-state index < -0.39 is 27.5 Å². The number of benzene rings is 1. The molecule has 2 heterocycles. The number of pyridine rings is 2. The Morgan fingerprint density at radius 2 is 1.77 bits per heavy atom. The van der Waals surface area contributed by atoms with Crippen LogP contribution in [0, 0.1) is 11.3 Å². The first-order valence-corrected chi connectivity index (χ1v) is 13.6. The lowest BCUT2D eigenvalue weighted by molar-refractivity contribution is -0.289. The molecule has 0 atom stereocenters. The van der Waals surface area contributed by atoms with Crippen molar-refractivity contribution in [2.24, 2.45) is 4.99 Å². The number of hydroxylamine groups is 1. The third kappa shape index (κ3) is 6.88. The Labute approximate surface area is 224 Å². The second-order valence-electron chi connectivity index (χ2n) is 7.69. The molecule has 0 spiro atoms. The number of nitrogens with zero attached hydrogens (tertiary/aromatic N) is 4. The van der Waals surface area contributed by atoms with Crippen molar-refractivity contribution in [2.75, 3.05) is 18.6 Å². The summed E-state index contributed by atoms with van der Waals surface area (Å²) in [4.78, 5) is 17.3. The molecule has 0 aliphatic rings. The molecule has 0 radical (unpaired) electrons. The first kappa shape index (κ1) is 29.9. The van der Waals surface area contributed by atoms with Crippen molar-refractivity contribution >= 4 is 33.3 Å². The summed E-state index contributed by atoms with van der Waals surface area (Å²) in [7, 11) is -2.70. The summed E-state index contributed by atoms with van der Waals surface area (Å²) in [6, 6.07) is 11.8. The maximum atomic E-state index is 13.6. The van der Waals surface area contributed by atoms with E-state index in [2.05, 4.69) is 20.4 Å². The SMILES string of the molecule is CCS(=O)(=O)c1cc(-c2ccc(SCC#N)cc2)cnc1C(=Nc1ccc(C(F)(F)C(F)(F)F)cn1)NOC. The van der Waals surface area contributed by atoms with Crippen molar-refractivity contribution in [2.45, 2.75) is 28.8 Å². The predicted octanol–water partition coefficient (Wildman–Crippen LogP) is 5.44. The summed E-state index contributed by atoms with van der Waals surface area (Å²) in [6.07, 6.45) is -4.10. The zero-order valence-electron chi connectivity index (χ0n) is 20.3. The van der Waals surface area contributed by atoms with Crippen LogP contribution in [0.15, 0.2) is 69.6 Å². The molecular formula is C24H20F5N5O3S2. The third-order valence-corrected chi connectivity index (χ3v) is 7.80. The van der Waals surface area contributed by atoms with E-state index in [1.165, 1.54) is 38.1 Å². The van der Waals surface area contributed by atoms with Crippen molar-refractivity contribution in [1.82, 2.24) is 15.4 Å². The topological polar surface area (TPSA) is 117 Å². The van der Waals surface area contributed by atoms with Gasteiger partial charge in [-0.05, 0) is 35.9 Å². The quantitative estimate of drug-likeness (QED) is 0.116. The monoisotopic (exact) mass is 585 g/mol. The second kappa shape index (κ2) is 12.1. The lowest BCUT2D eigenvalue weighted by Crippen LogP contribution is -2.33. The van der Waals surface area contributed by atoms with Gasteiger partial charge in [-0.15, -0.1) is 11.8 Å². The molecule has 3 rings (SSSR count). The van der Waals surface area contributed by atoms with Crippen molar-refractivity contribution in [1.29, 1.82) is 5.26 Å². The maximum absolute atomic E-state index is 13.6. The molecule has 0 bridgehead atoms. The number of nitriles is 1. The molecule has 15 heteroatoms. The number of amidine groups is 1. The average Bonchev–Trinajstić information content (AvgIpc) is 2.91. The highest BCUT2D eigenvalue weighted by Crippen LogP contribution is 2.43. The molecule has 0 fully saturated rings. The molecule has 0 aliphatic carbocycles. The number of aliphatic imine (C=N–C) groups is 1. The van der Waals surface area contributed by atoms with Gasteiger partial charge in [0.25, 0.3) is 0 Å². The summed E-state index contributed by atoms with van der Waals surface area (Å²) in [6.45, 7) is 1.43. The number of nitrogens with one attached hydrogen (secondary N) is 1. The molecule has 1 aromatic carbocycles. The third-order valence-electron chi connectivity index (χ3n) is 5.17. The largest absolute Gasteiger partial charge is 0.458 e. The summed E-state index contributed by atoms with van der Waals surface area (Å²) in [5.41, 5.74) is 1.89. The van der Waals surface area contributed by atoms with E-state index in [-0.39, 0.29) is 33.7 Å². The smallest absolute Gasteiger partial charge is 0.278 e. The van der Waals surface area contributed by atoms with Crippen molar-refractivity contribution in [3.05, 3.63) is 66.1 Å². The molecule has 3 aromatic rings. The molecule has 0 amide bonds. The number of aromatic nitrogens is 2. The molecule has 0 unspecified atom stereocenters. The Morgan fingerprint density at radius 3 is 2.31 bits per heavy atom. The van der Waals surface area contributed by atoms with Crippen LogP contribution in [-0.4, -0.2) is 49.0 Å². The van der Waals surface area contributed by atoms with Crippen molar-refractivity contribution in [3.63, 3.8) is 0 Å². The number of hydrogen-bond donors (Lipinski definition) is 1. The van der Waals surface area contributed by atoms with Gasteiger partial charge in [0.2, 0.25) is 0 Å². The number of thioether (sulfide) groups is 1. The summed E-state index contributed by atoms with van der Waals surface area (Å²) in [5.74, 6) is -5.74. The van der Waals surface area contributed by atoms with Gasteiger partial charge in [0, 0.05) is 28.4 Å². The second-order valence-corrected chi connectivity index (χ2v) is 11.0. The summed E-state index contributed by atoms with van der Waals surface area (Å²) in [5, 5.41) is 8.73. The highest BCUT2D eigenvalue weighted by atomic mass is 32.2. The Kier molecular flexibility index (Phi) is 9.26. The molecule has 1 N–H and O–H groups in total. The zero-order valence-corrected chi connectivity index (χ0v) is 22.0. The number of rotatable bonds is 9. The van der Waals surface area contributed by atoms with E-state index in [0.717, 1.165) is 11.0 Å². The van der Waals surface area contributed by atoms with Crippen LogP contribution >= 0.6 is 11.8 Å². The van der Waals surface area contributed by atoms with E-state index in [1.807, 2.05) is 6.07 Å². The Hall–Kier alpha value is -3.61. The van der Waals surface area contributed by atoms with Gasteiger partial charge in [0.1, 0.15) is 5.69 Å². The van der Waals surface area contributed by atoms with Gasteiger partial charge in [-0.2, -0.15) is 27.2 Å². The predicted molar refractivity (Wildman–Crippen MR) is 134 cm³/mol. The number of halogens is 5.